The minimum absolute atomic E-state index is 0.0163. The van der Waals surface area contributed by atoms with E-state index in [-0.39, 0.29) is 48.9 Å². The van der Waals surface area contributed by atoms with Gasteiger partial charge in [-0.25, -0.2) is 0 Å². The number of hydrogen-bond acceptors (Lipinski definition) is 9. The largest absolute Gasteiger partial charge is 0.391 e. The van der Waals surface area contributed by atoms with Gasteiger partial charge >= 0.3 is 0 Å². The van der Waals surface area contributed by atoms with Crippen molar-refractivity contribution in [1.29, 1.82) is 5.26 Å². The number of nitrogens with zero attached hydrogens (tertiary/aromatic N) is 3. The van der Waals surface area contributed by atoms with Gasteiger partial charge in [-0.3, -0.25) is 24.7 Å². The molecule has 314 valence electrons. The summed E-state index contributed by atoms with van der Waals surface area (Å²) in [6.45, 7) is 7.93. The molecule has 1 aliphatic heterocycles. The van der Waals surface area contributed by atoms with Crippen LogP contribution in [-0.2, 0) is 35.0 Å². The second-order valence-corrected chi connectivity index (χ2v) is 15.7. The summed E-state index contributed by atoms with van der Waals surface area (Å²) in [6.07, 6.45) is 9.46. The van der Waals surface area contributed by atoms with Crippen molar-refractivity contribution in [3.8, 4) is 6.19 Å². The number of piperidine rings is 1. The third-order valence-electron chi connectivity index (χ3n) is 11.0. The van der Waals surface area contributed by atoms with E-state index >= 15 is 0 Å². The Kier molecular flexibility index (Phi) is 21.8. The number of hydrogen-bond donors (Lipinski definition) is 5. The molecule has 0 spiro atoms. The number of nitriles is 1. The van der Waals surface area contributed by atoms with Crippen molar-refractivity contribution in [2.45, 2.75) is 141 Å². The quantitative estimate of drug-likeness (QED) is 0.0253. The minimum Gasteiger partial charge on any atom is -0.391 e. The number of carbonyl (C=O) groups excluding carboxylic acids is 3. The minimum atomic E-state index is -0.976. The summed E-state index contributed by atoms with van der Waals surface area (Å²) < 4.78 is 17.4. The zero-order valence-electron chi connectivity index (χ0n) is 34.3. The van der Waals surface area contributed by atoms with Gasteiger partial charge in [0, 0.05) is 45.6 Å². The highest BCUT2D eigenvalue weighted by atomic mass is 16.7. The van der Waals surface area contributed by atoms with Gasteiger partial charge < -0.3 is 40.6 Å². The fraction of sp³-hybridized carbons (Fsp3) is 0.738. The number of ether oxygens (including phenoxy) is 3. The number of benzene rings is 1. The predicted octanol–water partition coefficient (Wildman–Crippen LogP) is 4.15. The summed E-state index contributed by atoms with van der Waals surface area (Å²) in [6, 6.07) is 9.13. The van der Waals surface area contributed by atoms with E-state index in [1.54, 1.807) is 13.3 Å². The van der Waals surface area contributed by atoms with Gasteiger partial charge in [0.15, 0.2) is 6.19 Å². The van der Waals surface area contributed by atoms with E-state index in [4.69, 9.17) is 25.2 Å². The Morgan fingerprint density at radius 3 is 2.39 bits per heavy atom. The van der Waals surface area contributed by atoms with Crippen molar-refractivity contribution >= 4 is 23.7 Å². The fourth-order valence-electron chi connectivity index (χ4n) is 7.68. The SMILES string of the molecule is CCCCC(OC(Cc1ccccc1)C(=O)N1CCC(OCOC)CC1)C(=O)NC(CC1CCCCC1)C(O)CC(C(=O)NCCCN=C(N)NC#N)C(C)C. The number of likely N-dealkylation sites (tertiary alicyclic amines) is 1. The standard InChI is InChI=1S/C42H69N7O7/c1-5-6-18-37(56-38(26-32-16-11-8-12-17-32)41(53)49-23-19-33(20-24-49)55-29-54-4)40(52)48-35(25-31-14-9-7-10-15-31)36(50)27-34(30(2)3)39(51)45-21-13-22-46-42(44)47-28-43/h8,11-12,16-17,30-31,33-38,50H,5-7,9-10,13-15,18-27,29H2,1-4H3,(H,45,51)(H,48,52)(H3,44,46,47). The maximum atomic E-state index is 14.4. The number of aliphatic imine (C=N–C) groups is 1. The van der Waals surface area contributed by atoms with E-state index in [0.717, 1.165) is 44.1 Å². The molecule has 2 aliphatic rings. The number of nitrogens with one attached hydrogen (secondary N) is 3. The zero-order chi connectivity index (χ0) is 40.7. The number of aliphatic hydroxyl groups excluding tert-OH is 1. The molecule has 1 aromatic carbocycles. The van der Waals surface area contributed by atoms with Crippen molar-refractivity contribution in [1.82, 2.24) is 20.9 Å². The molecule has 14 heteroatoms. The molecule has 3 amide bonds. The van der Waals surface area contributed by atoms with Gasteiger partial charge in [-0.15, -0.1) is 0 Å². The van der Waals surface area contributed by atoms with E-state index in [2.05, 4.69) is 27.9 Å². The second kappa shape index (κ2) is 26.2. The average molecular weight is 784 g/mol. The highest BCUT2D eigenvalue weighted by Gasteiger charge is 2.36. The molecule has 0 radical (unpaired) electrons. The number of methoxy groups -OCH3 is 1. The Labute approximate surface area is 334 Å². The summed E-state index contributed by atoms with van der Waals surface area (Å²) in [5.74, 6) is -0.844. The number of carbonyl (C=O) groups is 3. The number of rotatable bonds is 24. The lowest BCUT2D eigenvalue weighted by Gasteiger charge is -2.36. The van der Waals surface area contributed by atoms with Gasteiger partial charge in [-0.05, 0) is 55.9 Å². The molecule has 56 heavy (non-hydrogen) atoms. The number of unbranched alkanes of at least 4 members (excludes halogenated alkanes) is 1. The molecule has 1 aromatic rings. The van der Waals surface area contributed by atoms with Gasteiger partial charge in [0.2, 0.25) is 17.8 Å². The van der Waals surface area contributed by atoms with Crippen molar-refractivity contribution in [2.75, 3.05) is 40.1 Å². The summed E-state index contributed by atoms with van der Waals surface area (Å²) in [5, 5.41) is 29.0. The van der Waals surface area contributed by atoms with Crippen LogP contribution in [0.1, 0.15) is 110 Å². The van der Waals surface area contributed by atoms with E-state index in [0.29, 0.717) is 70.6 Å². The van der Waals surface area contributed by atoms with Crippen LogP contribution in [0.3, 0.4) is 0 Å². The Morgan fingerprint density at radius 1 is 1.04 bits per heavy atom. The normalized spacial score (nSPS) is 18.4. The lowest BCUT2D eigenvalue weighted by atomic mass is 9.81. The topological polar surface area (TPSA) is 201 Å². The molecule has 1 saturated carbocycles. The monoisotopic (exact) mass is 784 g/mol. The molecule has 5 unspecified atom stereocenters. The Morgan fingerprint density at radius 2 is 1.75 bits per heavy atom. The smallest absolute Gasteiger partial charge is 0.252 e. The summed E-state index contributed by atoms with van der Waals surface area (Å²) in [4.78, 5) is 47.8. The van der Waals surface area contributed by atoms with E-state index < -0.39 is 30.3 Å². The van der Waals surface area contributed by atoms with E-state index in [9.17, 15) is 19.5 Å². The maximum Gasteiger partial charge on any atom is 0.252 e. The molecule has 5 atom stereocenters. The van der Waals surface area contributed by atoms with Crippen molar-refractivity contribution in [3.63, 3.8) is 0 Å². The molecule has 0 bridgehead atoms. The highest BCUT2D eigenvalue weighted by molar-refractivity contribution is 5.84. The molecular formula is C42H69N7O7. The molecule has 1 heterocycles. The van der Waals surface area contributed by atoms with Crippen LogP contribution in [-0.4, -0.2) is 104 Å². The Hall–Kier alpha value is -3.77. The van der Waals surface area contributed by atoms with Crippen molar-refractivity contribution in [3.05, 3.63) is 35.9 Å². The predicted molar refractivity (Wildman–Crippen MR) is 216 cm³/mol. The summed E-state index contributed by atoms with van der Waals surface area (Å²) in [7, 11) is 1.59. The van der Waals surface area contributed by atoms with Gasteiger partial charge in [0.1, 0.15) is 19.0 Å². The van der Waals surface area contributed by atoms with E-state index in [1.807, 2.05) is 49.1 Å². The fourth-order valence-corrected chi connectivity index (χ4v) is 7.68. The summed E-state index contributed by atoms with van der Waals surface area (Å²) >= 11 is 0. The number of guanidine groups is 1. The third kappa shape index (κ3) is 16.8. The van der Waals surface area contributed by atoms with Gasteiger partial charge in [0.25, 0.3) is 5.91 Å². The zero-order valence-corrected chi connectivity index (χ0v) is 34.3. The number of nitrogens with two attached hydrogens (primary N) is 1. The average Bonchev–Trinajstić information content (AvgIpc) is 3.20. The first-order valence-electron chi connectivity index (χ1n) is 20.9. The van der Waals surface area contributed by atoms with Crippen LogP contribution in [0.15, 0.2) is 35.3 Å². The van der Waals surface area contributed by atoms with Crippen LogP contribution in [0.5, 0.6) is 0 Å². The molecule has 6 N–H and O–H groups in total. The van der Waals surface area contributed by atoms with Crippen LogP contribution in [0.2, 0.25) is 0 Å². The number of amides is 3. The van der Waals surface area contributed by atoms with Crippen LogP contribution in [0.25, 0.3) is 0 Å². The van der Waals surface area contributed by atoms with E-state index in [1.165, 1.54) is 6.42 Å². The Balaban J connectivity index is 1.77. The molecule has 1 aliphatic carbocycles. The molecule has 3 rings (SSSR count). The van der Waals surface area contributed by atoms with Gasteiger partial charge in [0.05, 0.1) is 18.2 Å². The van der Waals surface area contributed by atoms with Gasteiger partial charge in [-0.1, -0.05) is 96.0 Å². The maximum absolute atomic E-state index is 14.4. The Bertz CT molecular complexity index is 1360. The third-order valence-corrected chi connectivity index (χ3v) is 11.0. The van der Waals surface area contributed by atoms with Crippen LogP contribution < -0.4 is 21.7 Å². The summed E-state index contributed by atoms with van der Waals surface area (Å²) in [5.41, 5.74) is 6.54. The molecule has 14 nitrogen and oxygen atoms in total. The number of aliphatic hydroxyl groups is 1. The van der Waals surface area contributed by atoms with Crippen LogP contribution >= 0.6 is 0 Å². The first-order valence-corrected chi connectivity index (χ1v) is 20.9. The lowest BCUT2D eigenvalue weighted by molar-refractivity contribution is -0.157. The van der Waals surface area contributed by atoms with Crippen molar-refractivity contribution in [2.24, 2.45) is 28.5 Å². The molecular weight excluding hydrogens is 715 g/mol. The highest BCUT2D eigenvalue weighted by Crippen LogP contribution is 2.30. The van der Waals surface area contributed by atoms with Crippen LogP contribution in [0.4, 0.5) is 0 Å². The van der Waals surface area contributed by atoms with Crippen LogP contribution in [0, 0.1) is 29.2 Å². The molecule has 0 aromatic heterocycles. The second-order valence-electron chi connectivity index (χ2n) is 15.7. The molecule has 2 fully saturated rings. The van der Waals surface area contributed by atoms with Gasteiger partial charge in [-0.2, -0.15) is 5.26 Å². The first-order chi connectivity index (χ1) is 27.1. The molecule has 1 saturated heterocycles. The van der Waals surface area contributed by atoms with Crippen molar-refractivity contribution < 1.29 is 33.7 Å². The first kappa shape index (κ1) is 46.6. The lowest BCUT2D eigenvalue weighted by Crippen LogP contribution is -2.52.